The fourth-order valence-corrected chi connectivity index (χ4v) is 4.91. The zero-order valence-corrected chi connectivity index (χ0v) is 23.9. The molecule has 2 N–H and O–H groups in total. The van der Waals surface area contributed by atoms with Crippen molar-refractivity contribution in [2.45, 2.75) is 18.7 Å². The average molecular weight is 590 g/mol. The maximum Gasteiger partial charge on any atom is 0.337 e. The third-order valence-corrected chi connectivity index (χ3v) is 7.20. The van der Waals surface area contributed by atoms with Crippen molar-refractivity contribution in [1.82, 2.24) is 15.5 Å². The first kappa shape index (κ1) is 29.2. The minimum atomic E-state index is -0.633. The van der Waals surface area contributed by atoms with Crippen molar-refractivity contribution in [1.29, 1.82) is 0 Å². The number of esters is 1. The van der Waals surface area contributed by atoms with E-state index in [0.717, 1.165) is 5.56 Å². The number of likely N-dealkylation sites (tertiary alicyclic amines) is 1. The molecular weight excluding hydrogens is 558 g/mol. The largest absolute Gasteiger partial charge is 0.493 e. The molecule has 0 aromatic heterocycles. The molecule has 3 heterocycles. The lowest BCUT2D eigenvalue weighted by atomic mass is 10.1. The first-order chi connectivity index (χ1) is 20.8. The van der Waals surface area contributed by atoms with Crippen LogP contribution in [-0.4, -0.2) is 81.8 Å². The van der Waals surface area contributed by atoms with Crippen LogP contribution in [0.15, 0.2) is 60.7 Å². The molecule has 3 aromatic rings. The Morgan fingerprint density at radius 2 is 1.60 bits per heavy atom. The zero-order valence-electron chi connectivity index (χ0n) is 23.9. The number of ether oxygens (including phenoxy) is 5. The Morgan fingerprint density at radius 3 is 2.33 bits per heavy atom. The number of amides is 3. The number of benzene rings is 3. The van der Waals surface area contributed by atoms with Crippen LogP contribution in [0.2, 0.25) is 0 Å². The lowest BCUT2D eigenvalue weighted by Gasteiger charge is -2.22. The van der Waals surface area contributed by atoms with Crippen molar-refractivity contribution < 1.29 is 42.9 Å². The van der Waals surface area contributed by atoms with Crippen LogP contribution in [0.3, 0.4) is 0 Å². The van der Waals surface area contributed by atoms with Gasteiger partial charge in [-0.25, -0.2) is 4.79 Å². The Morgan fingerprint density at radius 1 is 0.860 bits per heavy atom. The molecule has 3 aliphatic rings. The van der Waals surface area contributed by atoms with Crippen LogP contribution in [0.25, 0.3) is 0 Å². The van der Waals surface area contributed by atoms with Gasteiger partial charge in [0.05, 0.1) is 39.5 Å². The van der Waals surface area contributed by atoms with Crippen LogP contribution < -0.4 is 29.6 Å². The number of hydrogen-bond donors (Lipinski definition) is 2. The van der Waals surface area contributed by atoms with Gasteiger partial charge < -0.3 is 39.2 Å². The lowest BCUT2D eigenvalue weighted by Crippen LogP contribution is -2.45. The van der Waals surface area contributed by atoms with Crippen molar-refractivity contribution >= 4 is 23.7 Å². The van der Waals surface area contributed by atoms with E-state index in [1.54, 1.807) is 47.4 Å². The molecule has 1 saturated heterocycles. The van der Waals surface area contributed by atoms with E-state index < -0.39 is 24.0 Å². The van der Waals surface area contributed by atoms with E-state index in [1.165, 1.54) is 39.5 Å². The van der Waals surface area contributed by atoms with Crippen LogP contribution in [0.5, 0.6) is 23.0 Å². The summed E-state index contributed by atoms with van der Waals surface area (Å²) in [4.78, 5) is 52.8. The third kappa shape index (κ3) is 6.48. The van der Waals surface area contributed by atoms with E-state index in [9.17, 15) is 19.2 Å². The Bertz CT molecular complexity index is 1540. The minimum absolute atomic E-state index is 0.159. The predicted molar refractivity (Wildman–Crippen MR) is 153 cm³/mol. The van der Waals surface area contributed by atoms with Gasteiger partial charge in [0.15, 0.2) is 29.6 Å². The molecule has 4 bridgehead atoms. The SMILES string of the molecule is COC(=O)c1ccc(C(=O)N2C[C@@H]3NC(=O)c4ccc(OC)c(c4)OCC(=O)NCc4ccc(c(OC)c4)O[C@H]3C2)cc1. The second-order valence-electron chi connectivity index (χ2n) is 9.93. The van der Waals surface area contributed by atoms with Gasteiger partial charge in [-0.3, -0.25) is 14.4 Å². The second-order valence-corrected chi connectivity index (χ2v) is 9.93. The highest BCUT2D eigenvalue weighted by Crippen LogP contribution is 2.32. The van der Waals surface area contributed by atoms with Gasteiger partial charge in [0, 0.05) is 24.2 Å². The van der Waals surface area contributed by atoms with Crippen molar-refractivity contribution in [3.63, 3.8) is 0 Å². The molecule has 0 saturated carbocycles. The molecular formula is C31H31N3O9. The fourth-order valence-electron chi connectivity index (χ4n) is 4.91. The van der Waals surface area contributed by atoms with Crippen LogP contribution in [0, 0.1) is 0 Å². The summed E-state index contributed by atoms with van der Waals surface area (Å²) in [6.45, 7) is 0.258. The quantitative estimate of drug-likeness (QED) is 0.438. The standard InChI is InChI=1S/C31H31N3O9/c1-39-23-11-9-21-13-26(23)42-17-28(35)32-14-18-4-10-24(25(12-18)40-2)43-27-16-34(15-22(27)33-29(21)36)30(37)19-5-7-20(8-6-19)31(38)41-3/h4-13,22,27H,14-17H2,1-3H3,(H,32,35)(H,33,36)/t22-,27-/m0/s1. The van der Waals surface area contributed by atoms with Gasteiger partial charge in [0.25, 0.3) is 17.7 Å². The number of carbonyl (C=O) groups excluding carboxylic acids is 4. The molecule has 1 fully saturated rings. The summed E-state index contributed by atoms with van der Waals surface area (Å²) in [5.74, 6) is -0.154. The Kier molecular flexibility index (Phi) is 8.65. The Labute approximate surface area is 247 Å². The molecule has 6 rings (SSSR count). The number of hydrogen-bond acceptors (Lipinski definition) is 9. The van der Waals surface area contributed by atoms with Crippen LogP contribution in [0.4, 0.5) is 0 Å². The number of carbonyl (C=O) groups is 4. The monoisotopic (exact) mass is 589 g/mol. The van der Waals surface area contributed by atoms with Crippen molar-refractivity contribution in [3.05, 3.63) is 82.9 Å². The summed E-state index contributed by atoms with van der Waals surface area (Å²) < 4.78 is 27.7. The molecule has 0 unspecified atom stereocenters. The molecule has 12 nitrogen and oxygen atoms in total. The summed E-state index contributed by atoms with van der Waals surface area (Å²) in [6, 6.07) is 15.5. The van der Waals surface area contributed by atoms with Gasteiger partial charge >= 0.3 is 5.97 Å². The van der Waals surface area contributed by atoms with E-state index >= 15 is 0 Å². The summed E-state index contributed by atoms with van der Waals surface area (Å²) in [7, 11) is 4.25. The van der Waals surface area contributed by atoms with Crippen molar-refractivity contribution in [3.8, 4) is 23.0 Å². The molecule has 43 heavy (non-hydrogen) atoms. The molecule has 0 radical (unpaired) electrons. The highest BCUT2D eigenvalue weighted by Gasteiger charge is 2.39. The van der Waals surface area contributed by atoms with Gasteiger partial charge in [-0.1, -0.05) is 6.07 Å². The van der Waals surface area contributed by atoms with Crippen molar-refractivity contribution in [2.24, 2.45) is 0 Å². The van der Waals surface area contributed by atoms with Crippen molar-refractivity contribution in [2.75, 3.05) is 41.0 Å². The van der Waals surface area contributed by atoms with Crippen LogP contribution in [0.1, 0.15) is 36.6 Å². The van der Waals surface area contributed by atoms with Crippen LogP contribution >= 0.6 is 0 Å². The maximum atomic E-state index is 13.5. The number of fused-ring (bicyclic) bond motifs is 7. The van der Waals surface area contributed by atoms with E-state index in [-0.39, 0.29) is 49.4 Å². The molecule has 0 aliphatic carbocycles. The molecule has 3 aromatic carbocycles. The minimum Gasteiger partial charge on any atom is -0.493 e. The number of methoxy groups -OCH3 is 3. The number of rotatable bonds is 4. The van der Waals surface area contributed by atoms with E-state index in [4.69, 9.17) is 23.7 Å². The van der Waals surface area contributed by atoms with E-state index in [0.29, 0.717) is 28.4 Å². The van der Waals surface area contributed by atoms with Gasteiger partial charge in [0.1, 0.15) is 6.10 Å². The smallest absolute Gasteiger partial charge is 0.337 e. The summed E-state index contributed by atoms with van der Waals surface area (Å²) in [5.41, 5.74) is 1.73. The highest BCUT2D eigenvalue weighted by atomic mass is 16.5. The summed E-state index contributed by atoms with van der Waals surface area (Å²) in [6.07, 6.45) is -0.633. The molecule has 224 valence electrons. The summed E-state index contributed by atoms with van der Waals surface area (Å²) in [5, 5.41) is 5.78. The molecule has 2 atom stereocenters. The fraction of sp³-hybridized carbons (Fsp3) is 0.290. The average Bonchev–Trinajstić information content (AvgIpc) is 3.43. The molecule has 3 amide bonds. The Hall–Kier alpha value is -5.26. The predicted octanol–water partition coefficient (Wildman–Crippen LogP) is 2.20. The first-order valence-corrected chi connectivity index (χ1v) is 13.5. The first-order valence-electron chi connectivity index (χ1n) is 13.5. The van der Waals surface area contributed by atoms with E-state index in [2.05, 4.69) is 10.6 Å². The van der Waals surface area contributed by atoms with Crippen LogP contribution in [-0.2, 0) is 16.1 Å². The maximum absolute atomic E-state index is 13.5. The molecule has 3 aliphatic heterocycles. The molecule has 12 heteroatoms. The third-order valence-electron chi connectivity index (χ3n) is 7.20. The van der Waals surface area contributed by atoms with Gasteiger partial charge in [-0.05, 0) is 60.2 Å². The van der Waals surface area contributed by atoms with Gasteiger partial charge in [-0.2, -0.15) is 0 Å². The normalized spacial score (nSPS) is 18.3. The zero-order chi connectivity index (χ0) is 30.5. The lowest BCUT2D eigenvalue weighted by molar-refractivity contribution is -0.123. The second kappa shape index (κ2) is 12.7. The van der Waals surface area contributed by atoms with E-state index in [1.807, 2.05) is 0 Å². The van der Waals surface area contributed by atoms with Gasteiger partial charge in [-0.15, -0.1) is 0 Å². The highest BCUT2D eigenvalue weighted by molar-refractivity contribution is 5.97. The topological polar surface area (TPSA) is 142 Å². The molecule has 0 spiro atoms. The van der Waals surface area contributed by atoms with Gasteiger partial charge in [0.2, 0.25) is 0 Å². The summed E-state index contributed by atoms with van der Waals surface area (Å²) >= 11 is 0. The number of nitrogens with one attached hydrogen (secondary N) is 2. The Balaban J connectivity index is 1.46. The number of nitrogens with zero attached hydrogens (tertiary/aromatic N) is 1.